The number of carbonyl (C=O) groups is 2. The van der Waals surface area contributed by atoms with Crippen molar-refractivity contribution >= 4 is 41.0 Å². The van der Waals surface area contributed by atoms with Crippen LogP contribution in [0.2, 0.25) is 5.02 Å². The van der Waals surface area contributed by atoms with Crippen LogP contribution in [0.5, 0.6) is 0 Å². The predicted molar refractivity (Wildman–Crippen MR) is 137 cm³/mol. The number of carbonyl (C=O) groups excluding carboxylic acids is 2. The van der Waals surface area contributed by atoms with Gasteiger partial charge in [0.25, 0.3) is 0 Å². The number of aromatic nitrogens is 2. The van der Waals surface area contributed by atoms with Gasteiger partial charge in [0.05, 0.1) is 22.2 Å². The van der Waals surface area contributed by atoms with E-state index in [-0.39, 0.29) is 34.8 Å². The average molecular weight is 491 g/mol. The smallest absolute Gasteiger partial charge is 0.240 e. The number of hydrogen-bond acceptors (Lipinski definition) is 4. The summed E-state index contributed by atoms with van der Waals surface area (Å²) in [5, 5.41) is 8.46. The van der Waals surface area contributed by atoms with Crippen molar-refractivity contribution in [2.75, 3.05) is 23.7 Å². The summed E-state index contributed by atoms with van der Waals surface area (Å²) in [5.41, 5.74) is 2.16. The Hall–Kier alpha value is -1.99. The minimum absolute atomic E-state index is 0.0347. The first kappa shape index (κ1) is 25.6. The van der Waals surface area contributed by atoms with Gasteiger partial charge in [-0.25, -0.2) is 4.68 Å². The summed E-state index contributed by atoms with van der Waals surface area (Å²) in [4.78, 5) is 27.8. The van der Waals surface area contributed by atoms with Gasteiger partial charge in [0, 0.05) is 22.5 Å². The molecule has 3 rings (SSSR count). The van der Waals surface area contributed by atoms with E-state index in [9.17, 15) is 9.59 Å². The molecule has 0 radical (unpaired) electrons. The van der Waals surface area contributed by atoms with Gasteiger partial charge in [0.2, 0.25) is 11.8 Å². The molecule has 0 saturated heterocycles. The first-order chi connectivity index (χ1) is 15.4. The highest BCUT2D eigenvalue weighted by Gasteiger charge is 2.41. The van der Waals surface area contributed by atoms with Crippen LogP contribution in [0.3, 0.4) is 0 Å². The Kier molecular flexibility index (Phi) is 7.54. The minimum Gasteiger partial charge on any atom is -0.355 e. The summed E-state index contributed by atoms with van der Waals surface area (Å²) in [6.45, 7) is 15.1. The topological polar surface area (TPSA) is 67.2 Å². The third-order valence-corrected chi connectivity index (χ3v) is 7.08. The Morgan fingerprint density at radius 3 is 2.45 bits per heavy atom. The molecule has 0 saturated carbocycles. The number of benzene rings is 1. The van der Waals surface area contributed by atoms with Crippen LogP contribution in [0.15, 0.2) is 24.3 Å². The largest absolute Gasteiger partial charge is 0.355 e. The third kappa shape index (κ3) is 5.40. The molecule has 0 spiro atoms. The molecule has 1 aromatic heterocycles. The summed E-state index contributed by atoms with van der Waals surface area (Å²) in [5.74, 6) is 0.669. The van der Waals surface area contributed by atoms with Crippen LogP contribution in [0, 0.1) is 0 Å². The van der Waals surface area contributed by atoms with Crippen molar-refractivity contribution in [3.8, 4) is 0 Å². The molecule has 8 heteroatoms. The van der Waals surface area contributed by atoms with Crippen LogP contribution >= 0.6 is 23.4 Å². The summed E-state index contributed by atoms with van der Waals surface area (Å²) < 4.78 is 1.92. The average Bonchev–Trinajstić information content (AvgIpc) is 3.07. The molecule has 0 fully saturated rings. The number of hydrogen-bond donors (Lipinski definition) is 1. The van der Waals surface area contributed by atoms with Crippen molar-refractivity contribution in [3.05, 3.63) is 46.1 Å². The van der Waals surface area contributed by atoms with E-state index < -0.39 is 5.54 Å². The molecule has 1 aliphatic rings. The van der Waals surface area contributed by atoms with Gasteiger partial charge in [-0.15, -0.1) is 11.8 Å². The quantitative estimate of drug-likeness (QED) is 0.618. The van der Waals surface area contributed by atoms with Gasteiger partial charge in [0.15, 0.2) is 0 Å². The second-order valence-corrected chi connectivity index (χ2v) is 12.0. The highest BCUT2D eigenvalue weighted by atomic mass is 35.5. The molecule has 0 bridgehead atoms. The lowest BCUT2D eigenvalue weighted by atomic mass is 9.87. The first-order valence-electron chi connectivity index (χ1n) is 11.4. The van der Waals surface area contributed by atoms with Crippen LogP contribution in [0.4, 0.5) is 5.82 Å². The number of nitrogens with zero attached hydrogens (tertiary/aromatic N) is 3. The molecule has 1 N–H and O–H groups in total. The molecule has 33 heavy (non-hydrogen) atoms. The number of rotatable bonds is 5. The van der Waals surface area contributed by atoms with Crippen molar-refractivity contribution in [1.82, 2.24) is 15.1 Å². The second-order valence-electron chi connectivity index (χ2n) is 10.5. The predicted octanol–water partition coefficient (Wildman–Crippen LogP) is 5.28. The van der Waals surface area contributed by atoms with Crippen LogP contribution < -0.4 is 10.2 Å². The van der Waals surface area contributed by atoms with E-state index in [0.717, 1.165) is 23.2 Å². The monoisotopic (exact) mass is 490 g/mol. The SMILES string of the molecule is CCCNC(=O)CN1C(=O)CS[C@H](c2ccccc2Cl)c2c(C(C)(C)C)nn(C(C)(C)C)c21. The van der Waals surface area contributed by atoms with Crippen molar-refractivity contribution in [1.29, 1.82) is 0 Å². The maximum Gasteiger partial charge on any atom is 0.240 e. The Morgan fingerprint density at radius 1 is 1.21 bits per heavy atom. The number of amides is 2. The maximum absolute atomic E-state index is 13.4. The highest BCUT2D eigenvalue weighted by molar-refractivity contribution is 8.00. The molecule has 6 nitrogen and oxygen atoms in total. The van der Waals surface area contributed by atoms with Gasteiger partial charge in [-0.3, -0.25) is 14.5 Å². The zero-order valence-electron chi connectivity index (χ0n) is 20.7. The van der Waals surface area contributed by atoms with Gasteiger partial charge >= 0.3 is 0 Å². The van der Waals surface area contributed by atoms with Gasteiger partial charge in [-0.1, -0.05) is 57.5 Å². The molecule has 2 heterocycles. The molecule has 1 aromatic carbocycles. The third-order valence-electron chi connectivity index (χ3n) is 5.50. The van der Waals surface area contributed by atoms with E-state index in [1.807, 2.05) is 35.9 Å². The molecule has 0 unspecified atom stereocenters. The zero-order valence-corrected chi connectivity index (χ0v) is 22.2. The van der Waals surface area contributed by atoms with Gasteiger partial charge in [-0.05, 0) is 38.8 Å². The zero-order chi connectivity index (χ0) is 24.6. The molecular formula is C25H35ClN4O2S. The fraction of sp³-hybridized carbons (Fsp3) is 0.560. The van der Waals surface area contributed by atoms with Crippen molar-refractivity contribution in [2.24, 2.45) is 0 Å². The summed E-state index contributed by atoms with van der Waals surface area (Å²) >= 11 is 8.20. The summed E-state index contributed by atoms with van der Waals surface area (Å²) in [6, 6.07) is 7.77. The Labute approximate surface area is 206 Å². The molecule has 0 aliphatic carbocycles. The van der Waals surface area contributed by atoms with E-state index >= 15 is 0 Å². The van der Waals surface area contributed by atoms with Crippen LogP contribution in [-0.2, 0) is 20.5 Å². The van der Waals surface area contributed by atoms with Crippen LogP contribution in [-0.4, -0.2) is 40.4 Å². The minimum atomic E-state index is -0.397. The molecule has 1 aliphatic heterocycles. The van der Waals surface area contributed by atoms with E-state index in [0.29, 0.717) is 17.4 Å². The summed E-state index contributed by atoms with van der Waals surface area (Å²) in [7, 11) is 0. The van der Waals surface area contributed by atoms with E-state index in [1.165, 1.54) is 0 Å². The Bertz CT molecular complexity index is 1040. The van der Waals surface area contributed by atoms with Gasteiger partial charge in [-0.2, -0.15) is 5.10 Å². The molecular weight excluding hydrogens is 456 g/mol. The lowest BCUT2D eigenvalue weighted by Crippen LogP contribution is -2.44. The van der Waals surface area contributed by atoms with Gasteiger partial charge < -0.3 is 5.32 Å². The maximum atomic E-state index is 13.4. The molecule has 180 valence electrons. The van der Waals surface area contributed by atoms with Crippen LogP contribution in [0.1, 0.15) is 77.0 Å². The van der Waals surface area contributed by atoms with E-state index in [1.54, 1.807) is 16.7 Å². The lowest BCUT2D eigenvalue weighted by Gasteiger charge is -2.29. The lowest BCUT2D eigenvalue weighted by molar-refractivity contribution is -0.122. The Morgan fingerprint density at radius 2 is 1.88 bits per heavy atom. The second kappa shape index (κ2) is 9.71. The number of anilines is 1. The highest BCUT2D eigenvalue weighted by Crippen LogP contribution is 2.50. The molecule has 2 amide bonds. The summed E-state index contributed by atoms with van der Waals surface area (Å²) in [6.07, 6.45) is 0.837. The number of nitrogens with one attached hydrogen (secondary N) is 1. The number of halogens is 1. The normalized spacial score (nSPS) is 17.0. The number of fused-ring (bicyclic) bond motifs is 1. The van der Waals surface area contributed by atoms with Crippen molar-refractivity contribution in [3.63, 3.8) is 0 Å². The van der Waals surface area contributed by atoms with Gasteiger partial charge in [0.1, 0.15) is 12.4 Å². The molecule has 1 atom stereocenters. The first-order valence-corrected chi connectivity index (χ1v) is 12.9. The Balaban J connectivity index is 2.31. The standard InChI is InChI=1S/C25H35ClN4O2S/c1-8-13-27-18(31)14-29-19(32)15-33-21(16-11-9-10-12-17(16)26)20-22(24(2,3)4)28-30(23(20)29)25(5,6)7/h9-12,21H,8,13-15H2,1-7H3,(H,27,31)/t21-/m1/s1. The van der Waals surface area contributed by atoms with E-state index in [4.69, 9.17) is 16.7 Å². The van der Waals surface area contributed by atoms with Crippen LogP contribution in [0.25, 0.3) is 0 Å². The number of thioether (sulfide) groups is 1. The fourth-order valence-electron chi connectivity index (χ4n) is 3.94. The van der Waals surface area contributed by atoms with E-state index in [2.05, 4.69) is 46.9 Å². The molecule has 2 aromatic rings. The van der Waals surface area contributed by atoms with Crippen molar-refractivity contribution < 1.29 is 9.59 Å². The fourth-order valence-corrected chi connectivity index (χ4v) is 5.48. The van der Waals surface area contributed by atoms with Crippen molar-refractivity contribution in [2.45, 2.75) is 71.1 Å².